The molecule has 1 aliphatic rings. The van der Waals surface area contributed by atoms with Crippen LogP contribution in [-0.4, -0.2) is 3.92 Å². The van der Waals surface area contributed by atoms with Crippen molar-refractivity contribution in [1.29, 1.82) is 0 Å². The molecule has 0 N–H and O–H groups in total. The molecule has 0 amide bonds. The second kappa shape index (κ2) is 7.08. The van der Waals surface area contributed by atoms with Gasteiger partial charge in [0.1, 0.15) is 0 Å². The number of rotatable bonds is 8. The molecule has 0 aromatic carbocycles. The average molecular weight is 294 g/mol. The van der Waals surface area contributed by atoms with Gasteiger partial charge in [0.25, 0.3) is 0 Å². The smallest absolute Gasteiger partial charge is 0.0141 e. The molecule has 0 unspecified atom stereocenters. The van der Waals surface area contributed by atoms with Gasteiger partial charge in [-0.05, 0) is 18.8 Å². The van der Waals surface area contributed by atoms with Crippen LogP contribution in [-0.2, 0) is 0 Å². The Bertz CT molecular complexity index is 122. The van der Waals surface area contributed by atoms with E-state index in [0.29, 0.717) is 0 Å². The van der Waals surface area contributed by atoms with E-state index in [2.05, 4.69) is 29.5 Å². The maximum Gasteiger partial charge on any atom is 0.0141 e. The molecule has 1 heteroatoms. The SMILES string of the molecule is CCCCCCCCC[C@@H]1C[C@H]1I. The largest absolute Gasteiger partial charge is 0.0823 e. The second-order valence-corrected chi connectivity index (χ2v) is 6.02. The van der Waals surface area contributed by atoms with E-state index >= 15 is 0 Å². The standard InChI is InChI=1S/C12H23I/c1-2-3-4-5-6-7-8-9-11-10-12(11)13/h11-12H,2-10H2,1H3/t11-,12-/m1/s1. The van der Waals surface area contributed by atoms with E-state index in [4.69, 9.17) is 0 Å². The van der Waals surface area contributed by atoms with E-state index < -0.39 is 0 Å². The highest BCUT2D eigenvalue weighted by Crippen LogP contribution is 2.41. The monoisotopic (exact) mass is 294 g/mol. The van der Waals surface area contributed by atoms with Crippen LogP contribution in [0.15, 0.2) is 0 Å². The minimum atomic E-state index is 1.04. The normalized spacial score (nSPS) is 26.3. The molecule has 0 heterocycles. The second-order valence-electron chi connectivity index (χ2n) is 4.42. The fraction of sp³-hybridized carbons (Fsp3) is 1.00. The fourth-order valence-electron chi connectivity index (χ4n) is 1.87. The summed E-state index contributed by atoms with van der Waals surface area (Å²) in [6, 6.07) is 0. The van der Waals surface area contributed by atoms with Gasteiger partial charge in [0, 0.05) is 3.92 Å². The quantitative estimate of drug-likeness (QED) is 0.337. The van der Waals surface area contributed by atoms with Crippen molar-refractivity contribution in [3.05, 3.63) is 0 Å². The van der Waals surface area contributed by atoms with Gasteiger partial charge in [-0.1, -0.05) is 74.5 Å². The van der Waals surface area contributed by atoms with Gasteiger partial charge in [-0.3, -0.25) is 0 Å². The van der Waals surface area contributed by atoms with Crippen molar-refractivity contribution in [2.45, 2.75) is 68.6 Å². The molecule has 0 nitrogen and oxygen atoms in total. The predicted octanol–water partition coefficient (Wildman–Crippen LogP) is 4.95. The van der Waals surface area contributed by atoms with Crippen LogP contribution in [0.4, 0.5) is 0 Å². The summed E-state index contributed by atoms with van der Waals surface area (Å²) >= 11 is 2.60. The Morgan fingerprint density at radius 1 is 1.00 bits per heavy atom. The van der Waals surface area contributed by atoms with E-state index in [1.165, 1.54) is 57.8 Å². The molecule has 1 rings (SSSR count). The van der Waals surface area contributed by atoms with Crippen molar-refractivity contribution < 1.29 is 0 Å². The van der Waals surface area contributed by atoms with Crippen LogP contribution >= 0.6 is 22.6 Å². The molecule has 0 saturated heterocycles. The molecular formula is C12H23I. The first-order valence-corrected chi connectivity index (χ1v) is 7.23. The summed E-state index contributed by atoms with van der Waals surface area (Å²) in [5.74, 6) is 1.11. The van der Waals surface area contributed by atoms with E-state index in [-0.39, 0.29) is 0 Å². The Hall–Kier alpha value is 0.730. The lowest BCUT2D eigenvalue weighted by Crippen LogP contribution is -1.83. The molecule has 1 aliphatic carbocycles. The zero-order valence-corrected chi connectivity index (χ0v) is 11.1. The Morgan fingerprint density at radius 3 is 2.08 bits per heavy atom. The van der Waals surface area contributed by atoms with E-state index in [0.717, 1.165) is 9.84 Å². The first kappa shape index (κ1) is 11.8. The zero-order chi connectivity index (χ0) is 9.52. The van der Waals surface area contributed by atoms with Gasteiger partial charge in [-0.25, -0.2) is 0 Å². The van der Waals surface area contributed by atoms with Gasteiger partial charge in [0.15, 0.2) is 0 Å². The van der Waals surface area contributed by atoms with Crippen LogP contribution in [0, 0.1) is 5.92 Å². The molecule has 0 aromatic heterocycles. The van der Waals surface area contributed by atoms with Crippen molar-refractivity contribution in [2.75, 3.05) is 0 Å². The van der Waals surface area contributed by atoms with Crippen LogP contribution < -0.4 is 0 Å². The minimum absolute atomic E-state index is 1.04. The summed E-state index contributed by atoms with van der Waals surface area (Å²) in [7, 11) is 0. The molecule has 13 heavy (non-hydrogen) atoms. The first-order chi connectivity index (χ1) is 6.34. The third-order valence-electron chi connectivity index (χ3n) is 3.01. The highest BCUT2D eigenvalue weighted by atomic mass is 127. The molecule has 0 radical (unpaired) electrons. The predicted molar refractivity (Wildman–Crippen MR) is 68.5 cm³/mol. The molecule has 1 fully saturated rings. The van der Waals surface area contributed by atoms with Gasteiger partial charge in [-0.2, -0.15) is 0 Å². The lowest BCUT2D eigenvalue weighted by Gasteiger charge is -2.00. The summed E-state index contributed by atoms with van der Waals surface area (Å²) in [5, 5.41) is 0. The molecule has 78 valence electrons. The van der Waals surface area contributed by atoms with E-state index in [1.807, 2.05) is 0 Å². The zero-order valence-electron chi connectivity index (χ0n) is 8.90. The first-order valence-electron chi connectivity index (χ1n) is 5.98. The van der Waals surface area contributed by atoms with Gasteiger partial charge in [0.2, 0.25) is 0 Å². The molecule has 0 aromatic rings. The Morgan fingerprint density at radius 2 is 1.54 bits per heavy atom. The van der Waals surface area contributed by atoms with Gasteiger partial charge in [-0.15, -0.1) is 0 Å². The molecule has 2 atom stereocenters. The number of hydrogen-bond acceptors (Lipinski definition) is 0. The van der Waals surface area contributed by atoms with E-state index in [9.17, 15) is 0 Å². The van der Waals surface area contributed by atoms with Crippen molar-refractivity contribution in [3.63, 3.8) is 0 Å². The lowest BCUT2D eigenvalue weighted by atomic mass is 10.1. The third kappa shape index (κ3) is 5.92. The Balaban J connectivity index is 1.69. The van der Waals surface area contributed by atoms with Crippen LogP contribution in [0.2, 0.25) is 0 Å². The van der Waals surface area contributed by atoms with Crippen molar-refractivity contribution in [1.82, 2.24) is 0 Å². The summed E-state index contributed by atoms with van der Waals surface area (Å²) < 4.78 is 1.04. The van der Waals surface area contributed by atoms with Crippen LogP contribution in [0.25, 0.3) is 0 Å². The third-order valence-corrected chi connectivity index (χ3v) is 4.54. The Kier molecular flexibility index (Phi) is 6.43. The number of alkyl halides is 1. The van der Waals surface area contributed by atoms with Crippen LogP contribution in [0.1, 0.15) is 64.7 Å². The maximum atomic E-state index is 2.60. The summed E-state index contributed by atoms with van der Waals surface area (Å²) in [6.45, 7) is 2.29. The number of unbranched alkanes of at least 4 members (excludes halogenated alkanes) is 6. The average Bonchev–Trinajstić information content (AvgIpc) is 2.81. The van der Waals surface area contributed by atoms with E-state index in [1.54, 1.807) is 0 Å². The Labute approximate surface area is 97.0 Å². The molecule has 0 bridgehead atoms. The molecule has 1 saturated carbocycles. The van der Waals surface area contributed by atoms with Crippen LogP contribution in [0.5, 0.6) is 0 Å². The fourth-order valence-corrected chi connectivity index (χ4v) is 2.89. The van der Waals surface area contributed by atoms with Crippen LogP contribution in [0.3, 0.4) is 0 Å². The number of halogens is 1. The van der Waals surface area contributed by atoms with Gasteiger partial charge in [0.05, 0.1) is 0 Å². The van der Waals surface area contributed by atoms with Crippen molar-refractivity contribution in [3.8, 4) is 0 Å². The van der Waals surface area contributed by atoms with Gasteiger partial charge >= 0.3 is 0 Å². The lowest BCUT2D eigenvalue weighted by molar-refractivity contribution is 0.560. The highest BCUT2D eigenvalue weighted by Gasteiger charge is 2.33. The minimum Gasteiger partial charge on any atom is -0.0823 e. The highest BCUT2D eigenvalue weighted by molar-refractivity contribution is 14.1. The summed E-state index contributed by atoms with van der Waals surface area (Å²) in [6.07, 6.45) is 13.3. The van der Waals surface area contributed by atoms with Crippen molar-refractivity contribution >= 4 is 22.6 Å². The molecular weight excluding hydrogens is 271 g/mol. The summed E-state index contributed by atoms with van der Waals surface area (Å²) in [5.41, 5.74) is 0. The molecule has 0 aliphatic heterocycles. The maximum absolute atomic E-state index is 2.60. The molecule has 0 spiro atoms. The van der Waals surface area contributed by atoms with Crippen molar-refractivity contribution in [2.24, 2.45) is 5.92 Å². The van der Waals surface area contributed by atoms with Gasteiger partial charge < -0.3 is 0 Å². The summed E-state index contributed by atoms with van der Waals surface area (Å²) in [4.78, 5) is 0. The number of hydrogen-bond donors (Lipinski definition) is 0. The topological polar surface area (TPSA) is 0 Å².